The van der Waals surface area contributed by atoms with Crippen molar-refractivity contribution in [2.75, 3.05) is 6.54 Å². The summed E-state index contributed by atoms with van der Waals surface area (Å²) in [6.07, 6.45) is 0.820. The molecule has 1 aliphatic carbocycles. The van der Waals surface area contributed by atoms with Crippen molar-refractivity contribution in [1.29, 1.82) is 0 Å². The van der Waals surface area contributed by atoms with E-state index in [1.807, 2.05) is 30.3 Å². The van der Waals surface area contributed by atoms with Gasteiger partial charge in [-0.05, 0) is 17.9 Å². The fourth-order valence-electron chi connectivity index (χ4n) is 2.99. The number of nitrogens with zero attached hydrogens (tertiary/aromatic N) is 1. The molecule has 1 aromatic rings. The average molecular weight is 245 g/mol. The lowest BCUT2D eigenvalue weighted by Crippen LogP contribution is -2.36. The number of aliphatic carboxylic acids is 1. The lowest BCUT2D eigenvalue weighted by molar-refractivity contribution is -0.142. The summed E-state index contributed by atoms with van der Waals surface area (Å²) in [7, 11) is 0. The van der Waals surface area contributed by atoms with Crippen LogP contribution in [-0.4, -0.2) is 28.4 Å². The van der Waals surface area contributed by atoms with E-state index < -0.39 is 11.9 Å². The Balaban J connectivity index is 1.69. The second kappa shape index (κ2) is 4.12. The molecule has 0 spiro atoms. The maximum absolute atomic E-state index is 12.1. The first-order chi connectivity index (χ1) is 8.68. The van der Waals surface area contributed by atoms with Crippen molar-refractivity contribution in [2.24, 2.45) is 17.8 Å². The normalized spacial score (nSPS) is 29.9. The number of benzene rings is 1. The Morgan fingerprint density at radius 1 is 1.33 bits per heavy atom. The molecule has 2 fully saturated rings. The predicted octanol–water partition coefficient (Wildman–Crippen LogP) is 1.37. The third-order valence-corrected chi connectivity index (χ3v) is 4.00. The maximum atomic E-state index is 12.1. The van der Waals surface area contributed by atoms with Crippen LogP contribution in [0.5, 0.6) is 0 Å². The van der Waals surface area contributed by atoms with Gasteiger partial charge < -0.3 is 10.0 Å². The number of piperidine rings is 1. The summed E-state index contributed by atoms with van der Waals surface area (Å²) in [5, 5.41) is 9.01. The highest BCUT2D eigenvalue weighted by Crippen LogP contribution is 2.52. The Morgan fingerprint density at radius 2 is 2.06 bits per heavy atom. The van der Waals surface area contributed by atoms with E-state index in [1.165, 1.54) is 0 Å². The highest BCUT2D eigenvalue weighted by Gasteiger charge is 2.61. The molecule has 1 N–H and O–H groups in total. The third-order valence-electron chi connectivity index (χ3n) is 4.00. The number of rotatable bonds is 3. The largest absolute Gasteiger partial charge is 0.481 e. The number of hydrogen-bond donors (Lipinski definition) is 1. The summed E-state index contributed by atoms with van der Waals surface area (Å²) < 4.78 is 0. The first-order valence-corrected chi connectivity index (χ1v) is 6.24. The molecule has 18 heavy (non-hydrogen) atoms. The van der Waals surface area contributed by atoms with Crippen molar-refractivity contribution >= 4 is 11.9 Å². The van der Waals surface area contributed by atoms with E-state index in [4.69, 9.17) is 5.11 Å². The molecule has 4 heteroatoms. The van der Waals surface area contributed by atoms with Crippen LogP contribution in [0.15, 0.2) is 30.3 Å². The highest BCUT2D eigenvalue weighted by molar-refractivity contribution is 5.91. The standard InChI is InChI=1S/C14H15NO3/c16-13-11-10(12(11)14(17)18)6-7-15(13)8-9-4-2-1-3-5-9/h1-5,10-12H,6-8H2,(H,17,18). The van der Waals surface area contributed by atoms with Crippen LogP contribution in [0.2, 0.25) is 0 Å². The van der Waals surface area contributed by atoms with Gasteiger partial charge in [-0.15, -0.1) is 0 Å². The Morgan fingerprint density at radius 3 is 2.72 bits per heavy atom. The summed E-state index contributed by atoms with van der Waals surface area (Å²) >= 11 is 0. The Labute approximate surface area is 105 Å². The van der Waals surface area contributed by atoms with Gasteiger partial charge in [-0.25, -0.2) is 0 Å². The zero-order chi connectivity index (χ0) is 12.7. The number of carbonyl (C=O) groups excluding carboxylic acids is 1. The Bertz CT molecular complexity index is 485. The van der Waals surface area contributed by atoms with E-state index in [-0.39, 0.29) is 17.7 Å². The number of carboxylic acid groups (broad SMARTS) is 1. The van der Waals surface area contributed by atoms with Crippen molar-refractivity contribution in [3.8, 4) is 0 Å². The molecule has 0 aromatic heterocycles. The molecule has 2 aliphatic rings. The van der Waals surface area contributed by atoms with Gasteiger partial charge in [0.15, 0.2) is 0 Å². The number of fused-ring (bicyclic) bond motifs is 1. The topological polar surface area (TPSA) is 57.6 Å². The Kier molecular flexibility index (Phi) is 2.58. The smallest absolute Gasteiger partial charge is 0.307 e. The van der Waals surface area contributed by atoms with Gasteiger partial charge in [0.2, 0.25) is 5.91 Å². The molecule has 1 aliphatic heterocycles. The molecule has 1 saturated heterocycles. The van der Waals surface area contributed by atoms with Crippen molar-refractivity contribution in [3.05, 3.63) is 35.9 Å². The third kappa shape index (κ3) is 1.78. The average Bonchev–Trinajstić information content (AvgIpc) is 3.09. The van der Waals surface area contributed by atoms with Crippen LogP contribution >= 0.6 is 0 Å². The summed E-state index contributed by atoms with van der Waals surface area (Å²) in [4.78, 5) is 24.9. The number of carboxylic acids is 1. The SMILES string of the molecule is O=C(O)C1C2CCN(Cc3ccccc3)C(=O)C21. The van der Waals surface area contributed by atoms with Gasteiger partial charge in [0.1, 0.15) is 0 Å². The summed E-state index contributed by atoms with van der Waals surface area (Å²) in [5.41, 5.74) is 1.09. The molecule has 3 unspecified atom stereocenters. The molecule has 1 aromatic carbocycles. The fraction of sp³-hybridized carbons (Fsp3) is 0.429. The van der Waals surface area contributed by atoms with E-state index in [9.17, 15) is 9.59 Å². The molecule has 1 saturated carbocycles. The zero-order valence-corrected chi connectivity index (χ0v) is 9.95. The first kappa shape index (κ1) is 11.3. The summed E-state index contributed by atoms with van der Waals surface area (Å²) in [6, 6.07) is 9.81. The van der Waals surface area contributed by atoms with Crippen LogP contribution in [0, 0.1) is 17.8 Å². The zero-order valence-electron chi connectivity index (χ0n) is 9.95. The number of likely N-dealkylation sites (tertiary alicyclic amines) is 1. The summed E-state index contributed by atoms with van der Waals surface area (Å²) in [6.45, 7) is 1.27. The fourth-order valence-corrected chi connectivity index (χ4v) is 2.99. The second-order valence-corrected chi connectivity index (χ2v) is 5.09. The van der Waals surface area contributed by atoms with Crippen molar-refractivity contribution < 1.29 is 14.7 Å². The van der Waals surface area contributed by atoms with Gasteiger partial charge in [0.25, 0.3) is 0 Å². The Hall–Kier alpha value is -1.84. The second-order valence-electron chi connectivity index (χ2n) is 5.09. The monoisotopic (exact) mass is 245 g/mol. The molecule has 94 valence electrons. The molecule has 3 rings (SSSR count). The minimum absolute atomic E-state index is 0.0162. The number of hydrogen-bond acceptors (Lipinski definition) is 2. The molecule has 1 amide bonds. The first-order valence-electron chi connectivity index (χ1n) is 6.24. The van der Waals surface area contributed by atoms with E-state index in [0.29, 0.717) is 13.1 Å². The number of carbonyl (C=O) groups is 2. The van der Waals surface area contributed by atoms with Gasteiger partial charge in [-0.3, -0.25) is 9.59 Å². The maximum Gasteiger partial charge on any atom is 0.307 e. The lowest BCUT2D eigenvalue weighted by atomic mass is 10.1. The van der Waals surface area contributed by atoms with E-state index in [2.05, 4.69) is 0 Å². The molecule has 1 heterocycles. The predicted molar refractivity (Wildman–Crippen MR) is 64.6 cm³/mol. The van der Waals surface area contributed by atoms with Crippen LogP contribution in [0.1, 0.15) is 12.0 Å². The van der Waals surface area contributed by atoms with Gasteiger partial charge in [-0.2, -0.15) is 0 Å². The minimum atomic E-state index is -0.820. The van der Waals surface area contributed by atoms with Gasteiger partial charge in [-0.1, -0.05) is 30.3 Å². The molecular formula is C14H15NO3. The molecule has 4 nitrogen and oxygen atoms in total. The van der Waals surface area contributed by atoms with E-state index >= 15 is 0 Å². The van der Waals surface area contributed by atoms with Crippen molar-refractivity contribution in [3.63, 3.8) is 0 Å². The molecule has 3 atom stereocenters. The van der Waals surface area contributed by atoms with Gasteiger partial charge >= 0.3 is 5.97 Å². The lowest BCUT2D eigenvalue weighted by Gasteiger charge is -2.26. The van der Waals surface area contributed by atoms with Crippen LogP contribution in [-0.2, 0) is 16.1 Å². The molecule has 0 radical (unpaired) electrons. The van der Waals surface area contributed by atoms with Gasteiger partial charge in [0, 0.05) is 13.1 Å². The van der Waals surface area contributed by atoms with Crippen LogP contribution in [0.3, 0.4) is 0 Å². The number of amides is 1. The highest BCUT2D eigenvalue weighted by atomic mass is 16.4. The molecule has 0 bridgehead atoms. The minimum Gasteiger partial charge on any atom is -0.481 e. The van der Waals surface area contributed by atoms with E-state index in [1.54, 1.807) is 4.90 Å². The molecular weight excluding hydrogens is 230 g/mol. The van der Waals surface area contributed by atoms with E-state index in [0.717, 1.165) is 12.0 Å². The van der Waals surface area contributed by atoms with Crippen LogP contribution in [0.25, 0.3) is 0 Å². The van der Waals surface area contributed by atoms with Crippen molar-refractivity contribution in [1.82, 2.24) is 4.90 Å². The summed E-state index contributed by atoms with van der Waals surface area (Å²) in [5.74, 6) is -1.41. The van der Waals surface area contributed by atoms with Crippen molar-refractivity contribution in [2.45, 2.75) is 13.0 Å². The van der Waals surface area contributed by atoms with Crippen LogP contribution in [0.4, 0.5) is 0 Å². The van der Waals surface area contributed by atoms with Gasteiger partial charge in [0.05, 0.1) is 11.8 Å². The van der Waals surface area contributed by atoms with Crippen LogP contribution < -0.4 is 0 Å². The quantitative estimate of drug-likeness (QED) is 0.875.